The van der Waals surface area contributed by atoms with Gasteiger partial charge in [0, 0.05) is 28.8 Å². The Morgan fingerprint density at radius 1 is 0.886 bits per heavy atom. The predicted molar refractivity (Wildman–Crippen MR) is 134 cm³/mol. The first-order valence-electron chi connectivity index (χ1n) is 11.8. The highest BCUT2D eigenvalue weighted by molar-refractivity contribution is 6.10. The fourth-order valence-corrected chi connectivity index (χ4v) is 5.19. The molecule has 0 aromatic heterocycles. The fraction of sp³-hybridized carbons (Fsp3) is 0.241. The lowest BCUT2D eigenvalue weighted by Gasteiger charge is -2.34. The Kier molecular flexibility index (Phi) is 4.92. The fourth-order valence-electron chi connectivity index (χ4n) is 5.19. The minimum absolute atomic E-state index is 0.0407. The van der Waals surface area contributed by atoms with Gasteiger partial charge in [0.25, 0.3) is 0 Å². The molecular weight excluding hydrogens is 440 g/mol. The Morgan fingerprint density at radius 3 is 2.51 bits per heavy atom. The van der Waals surface area contributed by atoms with Crippen LogP contribution in [-0.4, -0.2) is 18.4 Å². The summed E-state index contributed by atoms with van der Waals surface area (Å²) in [5, 5.41) is 7.12. The first kappa shape index (κ1) is 21.5. The van der Waals surface area contributed by atoms with Crippen LogP contribution >= 0.6 is 0 Å². The Labute approximate surface area is 204 Å². The standard InChI is InChI=1S/C29H26N2O4/c1-29(2)14-22-26(23(32)15-29)27(18-9-11-24-25(13-18)35-16-34-24)31-20-10-8-19(12-21(20)30-22)28(33)17-6-4-3-5-7-17/h3-13,27,30-31H,14-16H2,1-2H3/t27-/m0/s1. The number of anilines is 2. The van der Waals surface area contributed by atoms with E-state index in [1.165, 1.54) is 0 Å². The number of allylic oxidation sites excluding steroid dienone is 1. The average molecular weight is 467 g/mol. The monoisotopic (exact) mass is 466 g/mol. The number of Topliss-reactive ketones (excluding diaryl/α,β-unsaturated/α-hetero) is 1. The van der Waals surface area contributed by atoms with Crippen molar-refractivity contribution in [1.82, 2.24) is 0 Å². The van der Waals surface area contributed by atoms with Crippen LogP contribution in [0.3, 0.4) is 0 Å². The summed E-state index contributed by atoms with van der Waals surface area (Å²) in [6.45, 7) is 4.42. The minimum atomic E-state index is -0.354. The molecule has 0 fully saturated rings. The van der Waals surface area contributed by atoms with Crippen LogP contribution in [0.5, 0.6) is 11.5 Å². The first-order chi connectivity index (χ1) is 16.9. The van der Waals surface area contributed by atoms with Crippen LogP contribution in [0.1, 0.15) is 54.2 Å². The lowest BCUT2D eigenvalue weighted by molar-refractivity contribution is -0.118. The van der Waals surface area contributed by atoms with Gasteiger partial charge in [-0.3, -0.25) is 9.59 Å². The summed E-state index contributed by atoms with van der Waals surface area (Å²) >= 11 is 0. The quantitative estimate of drug-likeness (QED) is 0.470. The smallest absolute Gasteiger partial charge is 0.231 e. The number of nitrogens with one attached hydrogen (secondary N) is 2. The SMILES string of the molecule is CC1(C)CC(=O)C2=C(C1)Nc1cc(C(=O)c3ccccc3)ccc1N[C@H]2c1ccc2c(c1)OCO2. The number of rotatable bonds is 3. The first-order valence-corrected chi connectivity index (χ1v) is 11.8. The van der Waals surface area contributed by atoms with Crippen molar-refractivity contribution in [3.8, 4) is 11.5 Å². The molecule has 1 atom stereocenters. The summed E-state index contributed by atoms with van der Waals surface area (Å²) in [4.78, 5) is 26.6. The number of fused-ring (bicyclic) bond motifs is 2. The van der Waals surface area contributed by atoms with Crippen LogP contribution in [0.4, 0.5) is 11.4 Å². The Hall–Kier alpha value is -4.06. The second kappa shape index (κ2) is 8.01. The van der Waals surface area contributed by atoms with Crippen molar-refractivity contribution in [1.29, 1.82) is 0 Å². The number of benzene rings is 3. The molecule has 6 nitrogen and oxygen atoms in total. The van der Waals surface area contributed by atoms with E-state index in [0.717, 1.165) is 34.6 Å². The lowest BCUT2D eigenvalue weighted by atomic mass is 9.73. The van der Waals surface area contributed by atoms with Crippen molar-refractivity contribution in [2.24, 2.45) is 5.41 Å². The minimum Gasteiger partial charge on any atom is -0.454 e. The maximum absolute atomic E-state index is 13.5. The zero-order chi connectivity index (χ0) is 24.2. The van der Waals surface area contributed by atoms with Crippen molar-refractivity contribution < 1.29 is 19.1 Å². The van der Waals surface area contributed by atoms with E-state index in [4.69, 9.17) is 9.47 Å². The normalized spacial score (nSPS) is 19.7. The molecule has 3 aromatic rings. The number of hydrogen-bond donors (Lipinski definition) is 2. The highest BCUT2D eigenvalue weighted by atomic mass is 16.7. The predicted octanol–water partition coefficient (Wildman–Crippen LogP) is 5.87. The highest BCUT2D eigenvalue weighted by Crippen LogP contribution is 2.47. The van der Waals surface area contributed by atoms with Crippen molar-refractivity contribution in [3.63, 3.8) is 0 Å². The number of carbonyl (C=O) groups is 2. The molecule has 0 saturated heterocycles. The molecule has 1 aliphatic carbocycles. The van der Waals surface area contributed by atoms with Gasteiger partial charge in [0.2, 0.25) is 6.79 Å². The van der Waals surface area contributed by atoms with Crippen LogP contribution in [0.2, 0.25) is 0 Å². The summed E-state index contributed by atoms with van der Waals surface area (Å²) < 4.78 is 11.1. The molecule has 0 saturated carbocycles. The molecule has 2 aliphatic heterocycles. The topological polar surface area (TPSA) is 76.7 Å². The molecule has 6 rings (SSSR count). The van der Waals surface area contributed by atoms with Gasteiger partial charge in [0.15, 0.2) is 23.1 Å². The van der Waals surface area contributed by atoms with Crippen molar-refractivity contribution in [3.05, 3.63) is 94.7 Å². The largest absolute Gasteiger partial charge is 0.454 e. The Bertz CT molecular complexity index is 1390. The molecule has 2 heterocycles. The molecule has 0 bridgehead atoms. The second-order valence-electron chi connectivity index (χ2n) is 10.1. The zero-order valence-corrected chi connectivity index (χ0v) is 19.7. The van der Waals surface area contributed by atoms with Gasteiger partial charge in [-0.15, -0.1) is 0 Å². The van der Waals surface area contributed by atoms with E-state index in [1.54, 1.807) is 0 Å². The lowest BCUT2D eigenvalue weighted by Crippen LogP contribution is -2.31. The Balaban J connectivity index is 1.45. The van der Waals surface area contributed by atoms with Gasteiger partial charge in [-0.1, -0.05) is 50.2 Å². The van der Waals surface area contributed by atoms with Crippen molar-refractivity contribution in [2.75, 3.05) is 17.4 Å². The molecule has 2 N–H and O–H groups in total. The number of ketones is 2. The molecule has 3 aromatic carbocycles. The third-order valence-corrected chi connectivity index (χ3v) is 6.84. The van der Waals surface area contributed by atoms with Crippen molar-refractivity contribution in [2.45, 2.75) is 32.7 Å². The molecule has 35 heavy (non-hydrogen) atoms. The molecule has 6 heteroatoms. The second-order valence-corrected chi connectivity index (χ2v) is 10.1. The summed E-state index contributed by atoms with van der Waals surface area (Å²) in [5.41, 5.74) is 5.24. The van der Waals surface area contributed by atoms with E-state index in [0.29, 0.717) is 29.0 Å². The molecular formula is C29H26N2O4. The van der Waals surface area contributed by atoms with Crippen LogP contribution in [0.25, 0.3) is 0 Å². The zero-order valence-electron chi connectivity index (χ0n) is 19.7. The average Bonchev–Trinajstić information content (AvgIpc) is 3.24. The molecule has 0 spiro atoms. The molecule has 3 aliphatic rings. The van der Waals surface area contributed by atoms with Gasteiger partial charge in [-0.25, -0.2) is 0 Å². The van der Waals surface area contributed by atoms with Gasteiger partial charge in [-0.2, -0.15) is 0 Å². The van der Waals surface area contributed by atoms with E-state index in [1.807, 2.05) is 66.7 Å². The van der Waals surface area contributed by atoms with Gasteiger partial charge >= 0.3 is 0 Å². The van der Waals surface area contributed by atoms with E-state index in [-0.39, 0.29) is 29.8 Å². The number of hydrogen-bond acceptors (Lipinski definition) is 6. The number of ether oxygens (including phenoxy) is 2. The maximum atomic E-state index is 13.5. The van der Waals surface area contributed by atoms with Crippen molar-refractivity contribution >= 4 is 22.9 Å². The van der Waals surface area contributed by atoms with E-state index in [9.17, 15) is 9.59 Å². The maximum Gasteiger partial charge on any atom is 0.231 e. The van der Waals surface area contributed by atoms with E-state index >= 15 is 0 Å². The number of carbonyl (C=O) groups excluding carboxylic acids is 2. The highest BCUT2D eigenvalue weighted by Gasteiger charge is 2.39. The Morgan fingerprint density at radius 2 is 1.69 bits per heavy atom. The summed E-state index contributed by atoms with van der Waals surface area (Å²) in [6.07, 6.45) is 1.21. The van der Waals surface area contributed by atoms with Gasteiger partial charge in [0.05, 0.1) is 17.4 Å². The van der Waals surface area contributed by atoms with E-state index in [2.05, 4.69) is 24.5 Å². The van der Waals surface area contributed by atoms with Crippen LogP contribution in [0.15, 0.2) is 78.0 Å². The molecule has 0 unspecified atom stereocenters. The van der Waals surface area contributed by atoms with Crippen LogP contribution in [-0.2, 0) is 4.79 Å². The van der Waals surface area contributed by atoms with Gasteiger partial charge in [0.1, 0.15) is 0 Å². The third kappa shape index (κ3) is 3.85. The molecule has 0 radical (unpaired) electrons. The van der Waals surface area contributed by atoms with E-state index < -0.39 is 0 Å². The molecule has 176 valence electrons. The summed E-state index contributed by atoms with van der Waals surface area (Å²) in [6, 6.07) is 20.3. The molecule has 0 amide bonds. The van der Waals surface area contributed by atoms with Gasteiger partial charge in [-0.05, 0) is 47.7 Å². The summed E-state index contributed by atoms with van der Waals surface area (Å²) in [5.74, 6) is 1.46. The van der Waals surface area contributed by atoms with Gasteiger partial charge < -0.3 is 20.1 Å². The summed E-state index contributed by atoms with van der Waals surface area (Å²) in [7, 11) is 0. The van der Waals surface area contributed by atoms with Crippen LogP contribution in [0, 0.1) is 5.41 Å². The van der Waals surface area contributed by atoms with Crippen LogP contribution < -0.4 is 20.1 Å². The third-order valence-electron chi connectivity index (χ3n) is 6.84.